The molecule has 0 aromatic rings. The van der Waals surface area contributed by atoms with Crippen LogP contribution in [0.3, 0.4) is 0 Å². The molecule has 3 nitrogen and oxygen atoms in total. The first-order chi connectivity index (χ1) is 2.77. The van der Waals surface area contributed by atoms with Crippen molar-refractivity contribution in [2.45, 2.75) is 6.92 Å². The lowest BCUT2D eigenvalue weighted by Gasteiger charge is -1.78. The minimum atomic E-state index is 0.250. The van der Waals surface area contributed by atoms with Crippen LogP contribution in [0.2, 0.25) is 0 Å². The monoisotopic (exact) mass is 85.1 g/mol. The van der Waals surface area contributed by atoms with Gasteiger partial charge in [-0.05, 0) is 6.92 Å². The van der Waals surface area contributed by atoms with Crippen molar-refractivity contribution in [1.82, 2.24) is 0 Å². The van der Waals surface area contributed by atoms with Crippen LogP contribution in [0.25, 0.3) is 0 Å². The zero-order valence-electron chi connectivity index (χ0n) is 3.65. The molecule has 0 saturated heterocycles. The molecule has 0 bridgehead atoms. The minimum Gasteiger partial charge on any atom is -0.308 e. The second-order valence-electron chi connectivity index (χ2n) is 1.10. The summed E-state index contributed by atoms with van der Waals surface area (Å²) in [5.74, 6) is 0. The molecule has 6 heavy (non-hydrogen) atoms. The summed E-state index contributed by atoms with van der Waals surface area (Å²) in [5, 5.41) is 9.64. The molecular formula is C3H7N3. The van der Waals surface area contributed by atoms with E-state index < -0.39 is 0 Å². The van der Waals surface area contributed by atoms with Crippen LogP contribution < -0.4 is 0 Å². The summed E-state index contributed by atoms with van der Waals surface area (Å²) in [4.78, 5) is 0. The van der Waals surface area contributed by atoms with Crippen LogP contribution in [0.5, 0.6) is 0 Å². The molecule has 0 spiro atoms. The van der Waals surface area contributed by atoms with Gasteiger partial charge >= 0.3 is 0 Å². The van der Waals surface area contributed by atoms with Gasteiger partial charge in [0.05, 0.1) is 6.54 Å². The molecule has 2 N–H and O–H groups in total. The third-order valence-corrected chi connectivity index (χ3v) is 0.316. The molecule has 0 aliphatic carbocycles. The number of nitrogens with zero attached hydrogens (tertiary/aromatic N) is 1. The van der Waals surface area contributed by atoms with Gasteiger partial charge in [-0.15, -0.1) is 0 Å². The maximum absolute atomic E-state index is 6.68. The molecule has 0 atom stereocenters. The third-order valence-electron chi connectivity index (χ3n) is 0.316. The minimum absolute atomic E-state index is 0.250. The lowest BCUT2D eigenvalue weighted by atomic mass is 10.4. The van der Waals surface area contributed by atoms with Crippen LogP contribution in [0.1, 0.15) is 6.92 Å². The van der Waals surface area contributed by atoms with E-state index in [4.69, 9.17) is 10.9 Å². The van der Waals surface area contributed by atoms with E-state index in [9.17, 15) is 0 Å². The Balaban J connectivity index is 3.05. The Morgan fingerprint density at radius 3 is 2.33 bits per heavy atom. The summed E-state index contributed by atoms with van der Waals surface area (Å²) < 4.78 is 0. The molecule has 0 fully saturated rings. The lowest BCUT2D eigenvalue weighted by molar-refractivity contribution is 1.02. The Labute approximate surface area is 36.4 Å². The number of hydrogen-bond acceptors (Lipinski definition) is 3. The van der Waals surface area contributed by atoms with Crippen molar-refractivity contribution in [3.8, 4) is 0 Å². The summed E-state index contributed by atoms with van der Waals surface area (Å²) in [5.41, 5.74) is 6.65. The molecule has 34 valence electrons. The molecule has 0 aromatic heterocycles. The van der Waals surface area contributed by atoms with Gasteiger partial charge in [-0.25, -0.2) is 5.53 Å². The molecule has 0 amide bonds. The molecule has 3 heteroatoms. The Morgan fingerprint density at radius 2 is 2.33 bits per heavy atom. The maximum Gasteiger partial charge on any atom is 0.0968 e. The second-order valence-corrected chi connectivity index (χ2v) is 1.10. The topological polar surface area (TPSA) is 60.1 Å². The Kier molecular flexibility index (Phi) is 2.20. The van der Waals surface area contributed by atoms with Gasteiger partial charge in [0.25, 0.3) is 0 Å². The van der Waals surface area contributed by atoms with Crippen molar-refractivity contribution in [3.63, 3.8) is 0 Å². The summed E-state index contributed by atoms with van der Waals surface area (Å²) in [6, 6.07) is 0. The van der Waals surface area contributed by atoms with Crippen LogP contribution in [0.15, 0.2) is 5.11 Å². The summed E-state index contributed by atoms with van der Waals surface area (Å²) in [6.45, 7) is 1.87. The number of rotatable bonds is 2. The predicted octanol–water partition coefficient (Wildman–Crippen LogP) is 1.06. The fourth-order valence-corrected chi connectivity index (χ4v) is 0.119. The maximum atomic E-state index is 6.68. The van der Waals surface area contributed by atoms with Crippen molar-refractivity contribution in [3.05, 3.63) is 0 Å². The van der Waals surface area contributed by atoms with Crippen molar-refractivity contribution >= 4 is 5.71 Å². The van der Waals surface area contributed by atoms with E-state index in [1.807, 2.05) is 0 Å². The average Bonchev–Trinajstić information content (AvgIpc) is 1.35. The van der Waals surface area contributed by atoms with Gasteiger partial charge in [0, 0.05) is 5.71 Å². The molecule has 0 aliphatic heterocycles. The molecule has 0 radical (unpaired) electrons. The lowest BCUT2D eigenvalue weighted by Crippen LogP contribution is -1.89. The Hall–Kier alpha value is -0.730. The standard InChI is InChI=1S/C3H7N3/c1-3(4)2-6-5/h4-5H,2H2,1H3. The van der Waals surface area contributed by atoms with Gasteiger partial charge in [-0.2, -0.15) is 5.11 Å². The van der Waals surface area contributed by atoms with Crippen LogP contribution in [-0.4, -0.2) is 12.3 Å². The van der Waals surface area contributed by atoms with Crippen molar-refractivity contribution in [2.24, 2.45) is 5.11 Å². The van der Waals surface area contributed by atoms with Gasteiger partial charge in [-0.3, -0.25) is 0 Å². The first-order valence-corrected chi connectivity index (χ1v) is 1.64. The molecule has 0 heterocycles. The molecule has 0 unspecified atom stereocenters. The first-order valence-electron chi connectivity index (χ1n) is 1.64. The van der Waals surface area contributed by atoms with E-state index >= 15 is 0 Å². The van der Waals surface area contributed by atoms with Gasteiger partial charge in [0.2, 0.25) is 0 Å². The van der Waals surface area contributed by atoms with E-state index in [2.05, 4.69) is 5.11 Å². The average molecular weight is 85.1 g/mol. The largest absolute Gasteiger partial charge is 0.308 e. The summed E-state index contributed by atoms with van der Waals surface area (Å²) in [6.07, 6.45) is 0. The van der Waals surface area contributed by atoms with Crippen LogP contribution >= 0.6 is 0 Å². The van der Waals surface area contributed by atoms with Crippen molar-refractivity contribution < 1.29 is 0 Å². The summed E-state index contributed by atoms with van der Waals surface area (Å²) >= 11 is 0. The molecule has 0 rings (SSSR count). The van der Waals surface area contributed by atoms with Crippen molar-refractivity contribution in [1.29, 1.82) is 10.9 Å². The third kappa shape index (κ3) is 3.27. The van der Waals surface area contributed by atoms with E-state index in [1.165, 1.54) is 0 Å². The second kappa shape index (κ2) is 2.50. The smallest absolute Gasteiger partial charge is 0.0968 e. The van der Waals surface area contributed by atoms with Gasteiger partial charge < -0.3 is 5.41 Å². The molecule has 0 saturated carbocycles. The predicted molar refractivity (Wildman–Crippen MR) is 23.4 cm³/mol. The highest BCUT2D eigenvalue weighted by atomic mass is 14.9. The highest BCUT2D eigenvalue weighted by Gasteiger charge is 1.76. The van der Waals surface area contributed by atoms with E-state index in [0.29, 0.717) is 5.71 Å². The molecule has 0 aromatic carbocycles. The van der Waals surface area contributed by atoms with Crippen LogP contribution in [-0.2, 0) is 0 Å². The molecular weight excluding hydrogens is 78.1 g/mol. The normalized spacial score (nSPS) is 7.50. The Morgan fingerprint density at radius 1 is 1.83 bits per heavy atom. The van der Waals surface area contributed by atoms with E-state index in [0.717, 1.165) is 0 Å². The Bertz CT molecular complexity index is 66.4. The quantitative estimate of drug-likeness (QED) is 0.372. The van der Waals surface area contributed by atoms with E-state index in [-0.39, 0.29) is 6.54 Å². The van der Waals surface area contributed by atoms with Crippen molar-refractivity contribution in [2.75, 3.05) is 6.54 Å². The van der Waals surface area contributed by atoms with Gasteiger partial charge in [0.15, 0.2) is 0 Å². The van der Waals surface area contributed by atoms with Gasteiger partial charge in [0.1, 0.15) is 0 Å². The zero-order chi connectivity index (χ0) is 4.99. The van der Waals surface area contributed by atoms with Gasteiger partial charge in [-0.1, -0.05) is 0 Å². The highest BCUT2D eigenvalue weighted by molar-refractivity contribution is 5.80. The summed E-state index contributed by atoms with van der Waals surface area (Å²) in [7, 11) is 0. The first kappa shape index (κ1) is 5.27. The van der Waals surface area contributed by atoms with Crippen LogP contribution in [0, 0.1) is 10.9 Å². The fraction of sp³-hybridized carbons (Fsp3) is 0.667. The SMILES string of the molecule is CC(=N)CN=N. The number of nitrogens with one attached hydrogen (secondary N) is 2. The van der Waals surface area contributed by atoms with E-state index in [1.54, 1.807) is 6.92 Å². The fourth-order valence-electron chi connectivity index (χ4n) is 0.119. The zero-order valence-corrected chi connectivity index (χ0v) is 3.65. The molecule has 0 aliphatic rings. The van der Waals surface area contributed by atoms with Crippen LogP contribution in [0.4, 0.5) is 0 Å². The highest BCUT2D eigenvalue weighted by Crippen LogP contribution is 1.67. The number of hydrogen-bond donors (Lipinski definition) is 2.